The lowest BCUT2D eigenvalue weighted by Crippen LogP contribution is -2.52. The Hall–Kier alpha value is -0.550. The van der Waals surface area contributed by atoms with Crippen LogP contribution in [0.2, 0.25) is 0 Å². The zero-order valence-electron chi connectivity index (χ0n) is 16.0. The highest BCUT2D eigenvalue weighted by atomic mass is 127. The van der Waals surface area contributed by atoms with Crippen LogP contribution in [0.3, 0.4) is 0 Å². The summed E-state index contributed by atoms with van der Waals surface area (Å²) in [6.45, 7) is 4.27. The van der Waals surface area contributed by atoms with Gasteiger partial charge in [-0.1, -0.05) is 6.58 Å². The number of hydrogen-bond acceptors (Lipinski definition) is 8. The Kier molecular flexibility index (Phi) is 10.6. The number of rotatable bonds is 9. The predicted octanol–water partition coefficient (Wildman–Crippen LogP) is 4.22. The van der Waals surface area contributed by atoms with E-state index >= 15 is 0 Å². The molecule has 1 rings (SSSR count). The van der Waals surface area contributed by atoms with Crippen molar-refractivity contribution in [3.63, 3.8) is 0 Å². The molecule has 186 valence electrons. The highest BCUT2D eigenvalue weighted by Gasteiger charge is 2.63. The SMILES string of the molecule is C=C(C)C(=O)OCCOc1c(I)c(I)cc(C(=O)OC(C(F)(F)F)C(F)(F)S(=O)(=O)[O-])c1I. The molecule has 0 fully saturated rings. The molecule has 0 saturated carbocycles. The first-order valence-corrected chi connectivity index (χ1v) is 12.7. The number of carbonyl (C=O) groups is 2. The van der Waals surface area contributed by atoms with Gasteiger partial charge < -0.3 is 18.8 Å². The first-order valence-electron chi connectivity index (χ1n) is 8.06. The summed E-state index contributed by atoms with van der Waals surface area (Å²) in [7, 11) is -6.83. The van der Waals surface area contributed by atoms with E-state index < -0.39 is 45.2 Å². The highest BCUT2D eigenvalue weighted by molar-refractivity contribution is 14.1. The van der Waals surface area contributed by atoms with Crippen LogP contribution in [-0.2, 0) is 24.4 Å². The van der Waals surface area contributed by atoms with Crippen LogP contribution in [0.25, 0.3) is 0 Å². The van der Waals surface area contributed by atoms with Crippen LogP contribution < -0.4 is 4.74 Å². The molecule has 33 heavy (non-hydrogen) atoms. The fourth-order valence-electron chi connectivity index (χ4n) is 1.88. The van der Waals surface area contributed by atoms with Gasteiger partial charge in [-0.3, -0.25) is 0 Å². The summed E-state index contributed by atoms with van der Waals surface area (Å²) in [6.07, 6.45) is -10.6. The van der Waals surface area contributed by atoms with E-state index in [-0.39, 0.29) is 31.7 Å². The average molecular weight is 839 g/mol. The van der Waals surface area contributed by atoms with Gasteiger partial charge in [0.25, 0.3) is 6.10 Å². The number of benzene rings is 1. The molecule has 17 heteroatoms. The largest absolute Gasteiger partial charge is 0.743 e. The maximum atomic E-state index is 13.6. The maximum Gasteiger partial charge on any atom is 0.432 e. The molecule has 0 bridgehead atoms. The Morgan fingerprint density at radius 2 is 1.67 bits per heavy atom. The molecule has 1 aromatic rings. The van der Waals surface area contributed by atoms with E-state index in [1.807, 2.05) is 0 Å². The van der Waals surface area contributed by atoms with Crippen molar-refractivity contribution in [2.45, 2.75) is 24.5 Å². The molecular formula is C16H11F5I3O8S-. The predicted molar refractivity (Wildman–Crippen MR) is 126 cm³/mol. The molecular weight excluding hydrogens is 828 g/mol. The van der Waals surface area contributed by atoms with Gasteiger partial charge in [-0.15, -0.1) is 0 Å². The van der Waals surface area contributed by atoms with Crippen LogP contribution in [0.4, 0.5) is 22.0 Å². The molecule has 1 aromatic carbocycles. The minimum Gasteiger partial charge on any atom is -0.743 e. The number of hydrogen-bond donors (Lipinski definition) is 0. The lowest BCUT2D eigenvalue weighted by molar-refractivity contribution is -0.248. The smallest absolute Gasteiger partial charge is 0.432 e. The Labute approximate surface area is 224 Å². The molecule has 0 heterocycles. The van der Waals surface area contributed by atoms with E-state index in [4.69, 9.17) is 9.47 Å². The summed E-state index contributed by atoms with van der Waals surface area (Å²) < 4.78 is 113. The number of alkyl halides is 5. The van der Waals surface area contributed by atoms with Gasteiger partial charge in [0.15, 0.2) is 10.1 Å². The van der Waals surface area contributed by atoms with Crippen molar-refractivity contribution in [2.24, 2.45) is 0 Å². The molecule has 0 spiro atoms. The topological polar surface area (TPSA) is 119 Å². The van der Waals surface area contributed by atoms with E-state index in [0.29, 0.717) is 3.57 Å². The van der Waals surface area contributed by atoms with Crippen molar-refractivity contribution in [2.75, 3.05) is 13.2 Å². The Bertz CT molecular complexity index is 1060. The average Bonchev–Trinajstić information content (AvgIpc) is 2.65. The van der Waals surface area contributed by atoms with Gasteiger partial charge >= 0.3 is 23.4 Å². The fraction of sp³-hybridized carbons (Fsp3) is 0.375. The van der Waals surface area contributed by atoms with Crippen molar-refractivity contribution in [1.82, 2.24) is 0 Å². The molecule has 0 aliphatic carbocycles. The normalized spacial score (nSPS) is 13.3. The fourth-order valence-corrected chi connectivity index (χ4v) is 4.78. The van der Waals surface area contributed by atoms with Crippen LogP contribution in [0.5, 0.6) is 5.75 Å². The summed E-state index contributed by atoms with van der Waals surface area (Å²) in [5.41, 5.74) is -0.544. The first kappa shape index (κ1) is 30.5. The van der Waals surface area contributed by atoms with Gasteiger partial charge in [0.2, 0.25) is 0 Å². The Morgan fingerprint density at radius 1 is 1.12 bits per heavy atom. The highest BCUT2D eigenvalue weighted by Crippen LogP contribution is 2.40. The first-order chi connectivity index (χ1) is 14.8. The Balaban J connectivity index is 3.26. The monoisotopic (exact) mass is 839 g/mol. The lowest BCUT2D eigenvalue weighted by atomic mass is 10.2. The van der Waals surface area contributed by atoms with E-state index in [1.54, 1.807) is 45.2 Å². The van der Waals surface area contributed by atoms with Gasteiger partial charge in [-0.2, -0.15) is 22.0 Å². The second-order valence-corrected chi connectivity index (χ2v) is 10.7. The molecule has 0 radical (unpaired) electrons. The second-order valence-electron chi connectivity index (χ2n) is 5.97. The third kappa shape index (κ3) is 7.72. The molecule has 1 unspecified atom stereocenters. The molecule has 0 aromatic heterocycles. The quantitative estimate of drug-likeness (QED) is 0.0691. The van der Waals surface area contributed by atoms with E-state index in [0.717, 1.165) is 6.07 Å². The van der Waals surface area contributed by atoms with Gasteiger partial charge in [0.1, 0.15) is 19.0 Å². The van der Waals surface area contributed by atoms with Crippen LogP contribution in [-0.4, -0.2) is 55.7 Å². The van der Waals surface area contributed by atoms with E-state index in [9.17, 15) is 44.5 Å². The van der Waals surface area contributed by atoms with Gasteiger partial charge in [0, 0.05) is 9.14 Å². The van der Waals surface area contributed by atoms with Gasteiger partial charge in [-0.05, 0) is 80.8 Å². The molecule has 1 atom stereocenters. The third-order valence-electron chi connectivity index (χ3n) is 3.41. The van der Waals surface area contributed by atoms with Crippen LogP contribution in [0, 0.1) is 10.7 Å². The lowest BCUT2D eigenvalue weighted by Gasteiger charge is -2.29. The second kappa shape index (κ2) is 11.5. The molecule has 0 N–H and O–H groups in total. The van der Waals surface area contributed by atoms with Crippen LogP contribution in [0.15, 0.2) is 18.2 Å². The summed E-state index contributed by atoms with van der Waals surface area (Å²) in [5, 5.41) is -5.98. The third-order valence-corrected chi connectivity index (χ3v) is 8.31. The number of halogens is 8. The summed E-state index contributed by atoms with van der Waals surface area (Å²) in [4.78, 5) is 23.7. The maximum absolute atomic E-state index is 13.6. The molecule has 8 nitrogen and oxygen atoms in total. The van der Waals surface area contributed by atoms with Crippen molar-refractivity contribution < 1.29 is 58.7 Å². The van der Waals surface area contributed by atoms with E-state index in [2.05, 4.69) is 11.3 Å². The summed E-state index contributed by atoms with van der Waals surface area (Å²) in [5.74, 6) is -2.74. The summed E-state index contributed by atoms with van der Waals surface area (Å²) in [6, 6.07) is 0.998. The zero-order valence-corrected chi connectivity index (χ0v) is 23.3. The minimum atomic E-state index is -6.83. The van der Waals surface area contributed by atoms with Crippen LogP contribution in [0.1, 0.15) is 17.3 Å². The zero-order chi connectivity index (χ0) is 25.9. The van der Waals surface area contributed by atoms with Gasteiger partial charge in [-0.25, -0.2) is 18.0 Å². The molecule has 0 amide bonds. The molecule has 0 aliphatic rings. The van der Waals surface area contributed by atoms with Crippen molar-refractivity contribution in [1.29, 1.82) is 0 Å². The summed E-state index contributed by atoms with van der Waals surface area (Å²) >= 11 is 4.92. The number of carbonyl (C=O) groups excluding carboxylic acids is 2. The van der Waals surface area contributed by atoms with Crippen molar-refractivity contribution in [3.05, 3.63) is 34.5 Å². The van der Waals surface area contributed by atoms with E-state index in [1.165, 1.54) is 29.5 Å². The van der Waals surface area contributed by atoms with Crippen molar-refractivity contribution in [3.8, 4) is 5.75 Å². The van der Waals surface area contributed by atoms with Crippen LogP contribution >= 0.6 is 67.8 Å². The minimum absolute atomic E-state index is 0.0619. The molecule has 0 saturated heterocycles. The van der Waals surface area contributed by atoms with Crippen molar-refractivity contribution >= 4 is 89.8 Å². The standard InChI is InChI=1S/C16H12F5I3O8S/c1-6(2)12(25)31-4-3-30-11-9(23)7(5-8(22)10(11)24)13(26)32-14(15(17,18)19)16(20,21)33(27,28)29/h5,14H,1,3-4H2,2H3,(H,27,28,29)/p-1. The Morgan fingerprint density at radius 3 is 2.12 bits per heavy atom. The van der Waals surface area contributed by atoms with Gasteiger partial charge in [0.05, 0.1) is 12.7 Å². The molecule has 0 aliphatic heterocycles. The number of esters is 2. The number of ether oxygens (including phenoxy) is 3.